The second-order valence-electron chi connectivity index (χ2n) is 4.49. The molecule has 4 heteroatoms. The minimum atomic E-state index is -0.117. The zero-order valence-electron chi connectivity index (χ0n) is 10.9. The van der Waals surface area contributed by atoms with Gasteiger partial charge >= 0.3 is 0 Å². The number of carbonyl (C=O) groups excluding carboxylic acids is 1. The average molecular weight is 294 g/mol. The molecule has 0 saturated heterocycles. The molecule has 0 bridgehead atoms. The van der Waals surface area contributed by atoms with Crippen molar-refractivity contribution >= 4 is 34.5 Å². The van der Waals surface area contributed by atoms with Crippen LogP contribution in [0.3, 0.4) is 0 Å². The predicted molar refractivity (Wildman–Crippen MR) is 82.4 cm³/mol. The highest BCUT2D eigenvalue weighted by Crippen LogP contribution is 2.23. The molecule has 1 aromatic carbocycles. The second-order valence-corrected chi connectivity index (χ2v) is 6.20. The summed E-state index contributed by atoms with van der Waals surface area (Å²) < 4.78 is 0.622. The van der Waals surface area contributed by atoms with Crippen LogP contribution >= 0.6 is 22.9 Å². The molecule has 1 heterocycles. The zero-order valence-corrected chi connectivity index (χ0v) is 12.5. The van der Waals surface area contributed by atoms with Crippen molar-refractivity contribution in [2.45, 2.75) is 26.2 Å². The van der Waals surface area contributed by atoms with E-state index in [9.17, 15) is 4.79 Å². The molecule has 1 N–H and O–H groups in total. The van der Waals surface area contributed by atoms with Gasteiger partial charge in [-0.25, -0.2) is 0 Å². The Balaban J connectivity index is 2.05. The van der Waals surface area contributed by atoms with Crippen LogP contribution in [0.1, 0.15) is 41.4 Å². The lowest BCUT2D eigenvalue weighted by atomic mass is 9.99. The van der Waals surface area contributed by atoms with E-state index >= 15 is 0 Å². The van der Waals surface area contributed by atoms with Crippen LogP contribution in [0, 0.1) is 0 Å². The molecule has 0 radical (unpaired) electrons. The summed E-state index contributed by atoms with van der Waals surface area (Å²) in [6.45, 7) is 4.36. The van der Waals surface area contributed by atoms with E-state index in [0.717, 1.165) is 12.1 Å². The van der Waals surface area contributed by atoms with E-state index in [2.05, 4.69) is 31.3 Å². The fourth-order valence-electron chi connectivity index (χ4n) is 1.76. The Bertz CT molecular complexity index is 562. The topological polar surface area (TPSA) is 29.1 Å². The smallest absolute Gasteiger partial charge is 0.265 e. The molecule has 2 aromatic rings. The van der Waals surface area contributed by atoms with Crippen LogP contribution in [-0.2, 0) is 0 Å². The minimum Gasteiger partial charge on any atom is -0.321 e. The van der Waals surface area contributed by atoms with Gasteiger partial charge in [0.15, 0.2) is 0 Å². The summed E-state index contributed by atoms with van der Waals surface area (Å²) in [5, 5.41) is 2.87. The third-order valence-electron chi connectivity index (χ3n) is 3.15. The Morgan fingerprint density at radius 3 is 2.47 bits per heavy atom. The van der Waals surface area contributed by atoms with Gasteiger partial charge in [-0.15, -0.1) is 11.3 Å². The first-order valence-electron chi connectivity index (χ1n) is 6.26. The SMILES string of the molecule is CCC(C)c1ccc(NC(=O)c2ccc(Cl)s2)cc1. The standard InChI is InChI=1S/C15H16ClNOS/c1-3-10(2)11-4-6-12(7-5-11)17-15(18)13-8-9-14(16)19-13/h4-10H,3H2,1-2H3,(H,17,18). The summed E-state index contributed by atoms with van der Waals surface area (Å²) in [4.78, 5) is 12.6. The fraction of sp³-hybridized carbons (Fsp3) is 0.267. The highest BCUT2D eigenvalue weighted by molar-refractivity contribution is 7.18. The molecule has 0 fully saturated rings. The fourth-order valence-corrected chi connectivity index (χ4v) is 2.70. The molecule has 100 valence electrons. The molecule has 0 aliphatic carbocycles. The van der Waals surface area contributed by atoms with Crippen molar-refractivity contribution in [3.63, 3.8) is 0 Å². The largest absolute Gasteiger partial charge is 0.321 e. The maximum atomic E-state index is 11.9. The first-order chi connectivity index (χ1) is 9.10. The number of nitrogens with one attached hydrogen (secondary N) is 1. The number of anilines is 1. The van der Waals surface area contributed by atoms with Gasteiger partial charge in [-0.2, -0.15) is 0 Å². The quantitative estimate of drug-likeness (QED) is 0.828. The van der Waals surface area contributed by atoms with Gasteiger partial charge in [0.25, 0.3) is 5.91 Å². The molecule has 19 heavy (non-hydrogen) atoms. The normalized spacial score (nSPS) is 12.2. The number of carbonyl (C=O) groups is 1. The molecule has 2 nitrogen and oxygen atoms in total. The molecule has 1 atom stereocenters. The zero-order chi connectivity index (χ0) is 13.8. The number of thiophene rings is 1. The maximum Gasteiger partial charge on any atom is 0.265 e. The molecule has 0 spiro atoms. The van der Waals surface area contributed by atoms with Crippen LogP contribution in [0.4, 0.5) is 5.69 Å². The van der Waals surface area contributed by atoms with Crippen LogP contribution < -0.4 is 5.32 Å². The number of rotatable bonds is 4. The average Bonchev–Trinajstić information content (AvgIpc) is 2.85. The molecule has 1 amide bonds. The van der Waals surface area contributed by atoms with E-state index in [1.807, 2.05) is 12.1 Å². The Hall–Kier alpha value is -1.32. The van der Waals surface area contributed by atoms with Gasteiger partial charge in [0, 0.05) is 5.69 Å². The number of hydrogen-bond donors (Lipinski definition) is 1. The molecule has 2 rings (SSSR count). The van der Waals surface area contributed by atoms with Crippen LogP contribution in [-0.4, -0.2) is 5.91 Å². The molecule has 0 aliphatic heterocycles. The van der Waals surface area contributed by atoms with Gasteiger partial charge in [0.05, 0.1) is 9.21 Å². The Morgan fingerprint density at radius 1 is 1.26 bits per heavy atom. The van der Waals surface area contributed by atoms with Crippen LogP contribution in [0.15, 0.2) is 36.4 Å². The number of hydrogen-bond acceptors (Lipinski definition) is 2. The van der Waals surface area contributed by atoms with Crippen molar-refractivity contribution in [3.05, 3.63) is 51.2 Å². The van der Waals surface area contributed by atoms with Gasteiger partial charge in [-0.05, 0) is 42.2 Å². The van der Waals surface area contributed by atoms with Crippen molar-refractivity contribution in [3.8, 4) is 0 Å². The summed E-state index contributed by atoms with van der Waals surface area (Å²) in [6, 6.07) is 11.5. The van der Waals surface area contributed by atoms with Crippen molar-refractivity contribution in [1.82, 2.24) is 0 Å². The summed E-state index contributed by atoms with van der Waals surface area (Å²) in [6.07, 6.45) is 1.11. The Morgan fingerprint density at radius 2 is 1.95 bits per heavy atom. The van der Waals surface area contributed by atoms with Gasteiger partial charge in [0.1, 0.15) is 0 Å². The van der Waals surface area contributed by atoms with Crippen molar-refractivity contribution < 1.29 is 4.79 Å². The lowest BCUT2D eigenvalue weighted by molar-refractivity contribution is 0.103. The van der Waals surface area contributed by atoms with E-state index in [1.165, 1.54) is 16.9 Å². The minimum absolute atomic E-state index is 0.117. The summed E-state index contributed by atoms with van der Waals surface area (Å²) in [5.41, 5.74) is 2.10. The van der Waals surface area contributed by atoms with E-state index in [-0.39, 0.29) is 5.91 Å². The molecule has 0 saturated carbocycles. The maximum absolute atomic E-state index is 11.9. The van der Waals surface area contributed by atoms with Gasteiger partial charge in [-0.1, -0.05) is 37.6 Å². The number of benzene rings is 1. The van der Waals surface area contributed by atoms with E-state index < -0.39 is 0 Å². The molecule has 1 aromatic heterocycles. The van der Waals surface area contributed by atoms with Crippen LogP contribution in [0.2, 0.25) is 4.34 Å². The summed E-state index contributed by atoms with van der Waals surface area (Å²) in [7, 11) is 0. The highest BCUT2D eigenvalue weighted by atomic mass is 35.5. The van der Waals surface area contributed by atoms with Crippen LogP contribution in [0.25, 0.3) is 0 Å². The predicted octanol–water partition coefficient (Wildman–Crippen LogP) is 5.17. The molecule has 1 unspecified atom stereocenters. The van der Waals surface area contributed by atoms with E-state index in [4.69, 9.17) is 11.6 Å². The Labute approximate surface area is 122 Å². The van der Waals surface area contributed by atoms with E-state index in [0.29, 0.717) is 15.1 Å². The lowest BCUT2D eigenvalue weighted by Gasteiger charge is -2.10. The molecule has 0 aliphatic rings. The van der Waals surface area contributed by atoms with Crippen LogP contribution in [0.5, 0.6) is 0 Å². The Kier molecular flexibility index (Phi) is 4.61. The second kappa shape index (κ2) is 6.22. The number of amides is 1. The third-order valence-corrected chi connectivity index (χ3v) is 4.38. The van der Waals surface area contributed by atoms with E-state index in [1.54, 1.807) is 12.1 Å². The van der Waals surface area contributed by atoms with Crippen molar-refractivity contribution in [1.29, 1.82) is 0 Å². The third kappa shape index (κ3) is 3.58. The molecular formula is C15H16ClNOS. The van der Waals surface area contributed by atoms with Gasteiger partial charge in [-0.3, -0.25) is 4.79 Å². The van der Waals surface area contributed by atoms with Crippen molar-refractivity contribution in [2.24, 2.45) is 0 Å². The summed E-state index contributed by atoms with van der Waals surface area (Å²) in [5.74, 6) is 0.425. The number of halogens is 1. The highest BCUT2D eigenvalue weighted by Gasteiger charge is 2.09. The van der Waals surface area contributed by atoms with Crippen molar-refractivity contribution in [2.75, 3.05) is 5.32 Å². The van der Waals surface area contributed by atoms with Gasteiger partial charge < -0.3 is 5.32 Å². The summed E-state index contributed by atoms with van der Waals surface area (Å²) >= 11 is 7.10. The lowest BCUT2D eigenvalue weighted by Crippen LogP contribution is -2.10. The first-order valence-corrected chi connectivity index (χ1v) is 7.46. The first kappa shape index (κ1) is 14.1. The monoisotopic (exact) mass is 293 g/mol. The van der Waals surface area contributed by atoms with Gasteiger partial charge in [0.2, 0.25) is 0 Å². The molecular weight excluding hydrogens is 278 g/mol.